The van der Waals surface area contributed by atoms with E-state index in [1.54, 1.807) is 0 Å². The molecular weight excluding hydrogens is 276 g/mol. The molecule has 0 radical (unpaired) electrons. The van der Waals surface area contributed by atoms with E-state index in [-0.39, 0.29) is 0 Å². The van der Waals surface area contributed by atoms with Crippen LogP contribution in [-0.4, -0.2) is 11.7 Å². The first-order chi connectivity index (χ1) is 10.2. The molecule has 0 spiro atoms. The Morgan fingerprint density at radius 2 is 1.71 bits per heavy atom. The summed E-state index contributed by atoms with van der Waals surface area (Å²) in [5, 5.41) is 7.25. The highest BCUT2D eigenvalue weighted by Gasteiger charge is 2.03. The lowest BCUT2D eigenvalue weighted by Gasteiger charge is -2.12. The minimum absolute atomic E-state index is 0.618. The first kappa shape index (κ1) is 18.0. The summed E-state index contributed by atoms with van der Waals surface area (Å²) in [5.74, 6) is 0.618. The molecule has 118 valence electrons. The molecule has 0 saturated heterocycles. The average molecular weight is 307 g/mol. The molecule has 1 aromatic carbocycles. The van der Waals surface area contributed by atoms with Crippen LogP contribution >= 0.6 is 12.2 Å². The maximum absolute atomic E-state index is 5.32. The van der Waals surface area contributed by atoms with E-state index in [9.17, 15) is 0 Å². The lowest BCUT2D eigenvalue weighted by Crippen LogP contribution is -2.29. The van der Waals surface area contributed by atoms with E-state index in [4.69, 9.17) is 12.2 Å². The van der Waals surface area contributed by atoms with E-state index in [0.717, 1.165) is 17.3 Å². The van der Waals surface area contributed by atoms with Gasteiger partial charge in [-0.25, -0.2) is 0 Å². The maximum atomic E-state index is 5.32. The summed E-state index contributed by atoms with van der Waals surface area (Å²) in [5.41, 5.74) is 2.45. The summed E-state index contributed by atoms with van der Waals surface area (Å²) in [4.78, 5) is 0. The molecule has 1 atom stereocenters. The number of nitrogens with one attached hydrogen (secondary N) is 2. The Bertz CT molecular complexity index is 400. The number of rotatable bonds is 9. The molecule has 0 fully saturated rings. The van der Waals surface area contributed by atoms with Gasteiger partial charge in [-0.3, -0.25) is 0 Å². The number of unbranched alkanes of at least 4 members (excludes halogenated alkanes) is 4. The smallest absolute Gasteiger partial charge is 0.170 e. The van der Waals surface area contributed by atoms with Crippen LogP contribution in [-0.2, 0) is 0 Å². The fourth-order valence-electron chi connectivity index (χ4n) is 2.24. The van der Waals surface area contributed by atoms with Crippen molar-refractivity contribution in [3.05, 3.63) is 29.8 Å². The van der Waals surface area contributed by atoms with Crippen molar-refractivity contribution < 1.29 is 0 Å². The molecule has 2 N–H and O–H groups in total. The largest absolute Gasteiger partial charge is 0.362 e. The molecule has 0 aliphatic carbocycles. The summed E-state index contributed by atoms with van der Waals surface area (Å²) in [6.45, 7) is 7.67. The van der Waals surface area contributed by atoms with Crippen LogP contribution < -0.4 is 10.6 Å². The summed E-state index contributed by atoms with van der Waals surface area (Å²) in [7, 11) is 0. The highest BCUT2D eigenvalue weighted by atomic mass is 32.1. The molecule has 0 aliphatic heterocycles. The Hall–Kier alpha value is -1.09. The number of thiocarbonyl (C=S) groups is 1. The minimum Gasteiger partial charge on any atom is -0.362 e. The third-order valence-electron chi connectivity index (χ3n) is 3.92. The van der Waals surface area contributed by atoms with Gasteiger partial charge < -0.3 is 10.6 Å². The zero-order valence-corrected chi connectivity index (χ0v) is 14.6. The van der Waals surface area contributed by atoms with Crippen molar-refractivity contribution in [1.29, 1.82) is 0 Å². The van der Waals surface area contributed by atoms with Crippen molar-refractivity contribution in [2.75, 3.05) is 11.9 Å². The van der Waals surface area contributed by atoms with Gasteiger partial charge >= 0.3 is 0 Å². The lowest BCUT2D eigenvalue weighted by molar-refractivity contribution is 0.625. The van der Waals surface area contributed by atoms with Crippen molar-refractivity contribution in [2.45, 2.75) is 65.2 Å². The molecule has 2 nitrogen and oxygen atoms in total. The fourth-order valence-corrected chi connectivity index (χ4v) is 2.46. The normalized spacial score (nSPS) is 12.0. The van der Waals surface area contributed by atoms with E-state index in [1.807, 2.05) is 0 Å². The molecule has 1 unspecified atom stereocenters. The summed E-state index contributed by atoms with van der Waals surface area (Å²) in [6.07, 6.45) is 7.60. The molecule has 0 aromatic heterocycles. The zero-order valence-electron chi connectivity index (χ0n) is 13.7. The van der Waals surface area contributed by atoms with Crippen molar-refractivity contribution in [1.82, 2.24) is 5.32 Å². The first-order valence-electron chi connectivity index (χ1n) is 8.32. The van der Waals surface area contributed by atoms with Gasteiger partial charge in [0.1, 0.15) is 0 Å². The first-order valence-corrected chi connectivity index (χ1v) is 8.73. The minimum atomic E-state index is 0.618. The number of hydrogen-bond acceptors (Lipinski definition) is 1. The standard InChI is InChI=1S/C18H30N2S/c1-4-6-7-8-9-14-19-18(21)20-17-12-10-16(11-13-17)15(3)5-2/h10-13,15H,4-9,14H2,1-3H3,(H2,19,20,21). The molecule has 0 bridgehead atoms. The van der Waals surface area contributed by atoms with Crippen LogP contribution in [0.2, 0.25) is 0 Å². The Morgan fingerprint density at radius 3 is 2.33 bits per heavy atom. The summed E-state index contributed by atoms with van der Waals surface area (Å²) in [6, 6.07) is 8.58. The van der Waals surface area contributed by atoms with E-state index >= 15 is 0 Å². The van der Waals surface area contributed by atoms with E-state index in [0.29, 0.717) is 5.92 Å². The van der Waals surface area contributed by atoms with Gasteiger partial charge in [0.25, 0.3) is 0 Å². The van der Waals surface area contributed by atoms with Crippen LogP contribution in [0.25, 0.3) is 0 Å². The number of benzene rings is 1. The monoisotopic (exact) mass is 306 g/mol. The van der Waals surface area contributed by atoms with Gasteiger partial charge in [-0.15, -0.1) is 0 Å². The van der Waals surface area contributed by atoms with Crippen LogP contribution in [0.5, 0.6) is 0 Å². The SMILES string of the molecule is CCCCCCCNC(=S)Nc1ccc(C(C)CC)cc1. The Balaban J connectivity index is 2.25. The Kier molecular flexibility index (Phi) is 9.07. The average Bonchev–Trinajstić information content (AvgIpc) is 2.50. The van der Waals surface area contributed by atoms with Crippen LogP contribution in [0.15, 0.2) is 24.3 Å². The van der Waals surface area contributed by atoms with Crippen molar-refractivity contribution in [3.63, 3.8) is 0 Å². The third kappa shape index (κ3) is 7.47. The van der Waals surface area contributed by atoms with Crippen LogP contribution in [0.4, 0.5) is 5.69 Å². The quantitative estimate of drug-likeness (QED) is 0.468. The van der Waals surface area contributed by atoms with Crippen molar-refractivity contribution in [2.24, 2.45) is 0 Å². The molecule has 3 heteroatoms. The van der Waals surface area contributed by atoms with E-state index < -0.39 is 0 Å². The van der Waals surface area contributed by atoms with Crippen molar-refractivity contribution in [3.8, 4) is 0 Å². The van der Waals surface area contributed by atoms with Gasteiger partial charge in [0.05, 0.1) is 0 Å². The van der Waals surface area contributed by atoms with E-state index in [1.165, 1.54) is 44.1 Å². The van der Waals surface area contributed by atoms with Crippen LogP contribution in [0, 0.1) is 0 Å². The third-order valence-corrected chi connectivity index (χ3v) is 4.16. The van der Waals surface area contributed by atoms with Crippen LogP contribution in [0.1, 0.15) is 70.8 Å². The molecule has 21 heavy (non-hydrogen) atoms. The number of hydrogen-bond donors (Lipinski definition) is 2. The number of anilines is 1. The maximum Gasteiger partial charge on any atom is 0.170 e. The van der Waals surface area contributed by atoms with Gasteiger partial charge in [0.2, 0.25) is 0 Å². The van der Waals surface area contributed by atoms with Gasteiger partial charge in [-0.05, 0) is 48.7 Å². The van der Waals surface area contributed by atoms with Gasteiger partial charge in [-0.1, -0.05) is 58.6 Å². The second-order valence-corrected chi connectivity index (χ2v) is 6.13. The lowest BCUT2D eigenvalue weighted by atomic mass is 9.99. The van der Waals surface area contributed by atoms with Gasteiger partial charge in [0.15, 0.2) is 5.11 Å². The summed E-state index contributed by atoms with van der Waals surface area (Å²) >= 11 is 5.32. The highest BCUT2D eigenvalue weighted by molar-refractivity contribution is 7.80. The second kappa shape index (κ2) is 10.6. The highest BCUT2D eigenvalue weighted by Crippen LogP contribution is 2.20. The molecule has 0 saturated carbocycles. The summed E-state index contributed by atoms with van der Waals surface area (Å²) < 4.78 is 0. The molecular formula is C18H30N2S. The molecule has 0 amide bonds. The molecule has 0 aliphatic rings. The Morgan fingerprint density at radius 1 is 1.05 bits per heavy atom. The van der Waals surface area contributed by atoms with E-state index in [2.05, 4.69) is 55.7 Å². The fraction of sp³-hybridized carbons (Fsp3) is 0.611. The van der Waals surface area contributed by atoms with Gasteiger partial charge in [-0.2, -0.15) is 0 Å². The molecule has 1 rings (SSSR count). The molecule has 1 aromatic rings. The van der Waals surface area contributed by atoms with Gasteiger partial charge in [0, 0.05) is 12.2 Å². The predicted octanol–water partition coefficient (Wildman–Crippen LogP) is 5.46. The second-order valence-electron chi connectivity index (χ2n) is 5.73. The molecule has 0 heterocycles. The van der Waals surface area contributed by atoms with Crippen LogP contribution in [0.3, 0.4) is 0 Å². The zero-order chi connectivity index (χ0) is 15.5. The Labute approximate surface area is 135 Å². The topological polar surface area (TPSA) is 24.1 Å². The predicted molar refractivity (Wildman–Crippen MR) is 98.1 cm³/mol. The van der Waals surface area contributed by atoms with Crippen molar-refractivity contribution >= 4 is 23.0 Å².